The van der Waals surface area contributed by atoms with Gasteiger partial charge in [0.15, 0.2) is 0 Å². The highest BCUT2D eigenvalue weighted by molar-refractivity contribution is 6.03. The zero-order chi connectivity index (χ0) is 22.0. The molecule has 1 aliphatic carbocycles. The van der Waals surface area contributed by atoms with Gasteiger partial charge in [0.1, 0.15) is 18.4 Å². The largest absolute Gasteiger partial charge is 0.489 e. The van der Waals surface area contributed by atoms with Crippen molar-refractivity contribution in [3.05, 3.63) is 65.2 Å². The van der Waals surface area contributed by atoms with Crippen molar-refractivity contribution in [2.24, 2.45) is 0 Å². The van der Waals surface area contributed by atoms with Crippen molar-refractivity contribution < 1.29 is 28.6 Å². The van der Waals surface area contributed by atoms with E-state index < -0.39 is 23.5 Å². The van der Waals surface area contributed by atoms with E-state index in [0.717, 1.165) is 24.0 Å². The highest BCUT2D eigenvalue weighted by Crippen LogP contribution is 2.58. The standard InChI is InChI=1S/C24H25NO6/c1-29-21(26)11-10-20(23(28)30-2)25-22(27)18-9-8-17(14-19(18)24(25)12-13-24)31-15-16-6-4-3-5-7-16/h3-9,14,20H,10-13,15H2,1-2H3. The highest BCUT2D eigenvalue weighted by atomic mass is 16.5. The summed E-state index contributed by atoms with van der Waals surface area (Å²) < 4.78 is 15.6. The minimum Gasteiger partial charge on any atom is -0.489 e. The second kappa shape index (κ2) is 8.41. The van der Waals surface area contributed by atoms with Crippen LogP contribution in [0, 0.1) is 0 Å². The Morgan fingerprint density at radius 2 is 1.81 bits per heavy atom. The van der Waals surface area contributed by atoms with Crippen LogP contribution >= 0.6 is 0 Å². The van der Waals surface area contributed by atoms with Gasteiger partial charge in [-0.2, -0.15) is 0 Å². The molecular weight excluding hydrogens is 398 g/mol. The number of rotatable bonds is 8. The maximum atomic E-state index is 13.3. The third-order valence-corrected chi connectivity index (χ3v) is 6.01. The lowest BCUT2D eigenvalue weighted by molar-refractivity contribution is -0.148. The van der Waals surface area contributed by atoms with Gasteiger partial charge in [-0.1, -0.05) is 30.3 Å². The van der Waals surface area contributed by atoms with E-state index in [1.54, 1.807) is 17.0 Å². The molecule has 1 fully saturated rings. The third kappa shape index (κ3) is 3.87. The van der Waals surface area contributed by atoms with Crippen LogP contribution in [0.4, 0.5) is 0 Å². The van der Waals surface area contributed by atoms with Crippen LogP contribution in [0.3, 0.4) is 0 Å². The van der Waals surface area contributed by atoms with Gasteiger partial charge in [-0.3, -0.25) is 9.59 Å². The Kier molecular flexibility index (Phi) is 5.67. The Morgan fingerprint density at radius 1 is 1.06 bits per heavy atom. The Morgan fingerprint density at radius 3 is 2.45 bits per heavy atom. The quantitative estimate of drug-likeness (QED) is 0.607. The van der Waals surface area contributed by atoms with E-state index in [2.05, 4.69) is 0 Å². The molecule has 0 N–H and O–H groups in total. The summed E-state index contributed by atoms with van der Waals surface area (Å²) in [6.07, 6.45) is 1.68. The van der Waals surface area contributed by atoms with Gasteiger partial charge in [0.25, 0.3) is 5.91 Å². The number of carbonyl (C=O) groups is 3. The van der Waals surface area contributed by atoms with E-state index in [1.165, 1.54) is 14.2 Å². The van der Waals surface area contributed by atoms with E-state index in [-0.39, 0.29) is 18.7 Å². The van der Waals surface area contributed by atoms with Gasteiger partial charge in [0.2, 0.25) is 0 Å². The second-order valence-electron chi connectivity index (χ2n) is 7.84. The molecule has 2 aromatic carbocycles. The molecule has 31 heavy (non-hydrogen) atoms. The molecule has 0 aromatic heterocycles. The number of methoxy groups -OCH3 is 2. The summed E-state index contributed by atoms with van der Waals surface area (Å²) in [4.78, 5) is 39.1. The zero-order valence-electron chi connectivity index (χ0n) is 17.6. The lowest BCUT2D eigenvalue weighted by Gasteiger charge is -2.32. The average molecular weight is 423 g/mol. The number of ether oxygens (including phenoxy) is 3. The number of carbonyl (C=O) groups excluding carboxylic acids is 3. The monoisotopic (exact) mass is 423 g/mol. The molecule has 7 heteroatoms. The normalized spacial score (nSPS) is 16.6. The predicted octanol–water partition coefficient (Wildman–Crippen LogP) is 3.21. The van der Waals surface area contributed by atoms with Crippen molar-refractivity contribution in [2.75, 3.05) is 14.2 Å². The minimum atomic E-state index is -0.847. The van der Waals surface area contributed by atoms with E-state index in [1.807, 2.05) is 36.4 Å². The molecule has 1 atom stereocenters. The fourth-order valence-corrected chi connectivity index (χ4v) is 4.29. The van der Waals surface area contributed by atoms with Crippen LogP contribution in [0.1, 0.15) is 47.2 Å². The number of esters is 2. The molecule has 1 heterocycles. The van der Waals surface area contributed by atoms with Crippen LogP contribution in [-0.4, -0.2) is 43.0 Å². The predicted molar refractivity (Wildman–Crippen MR) is 111 cm³/mol. The molecule has 1 unspecified atom stereocenters. The summed E-state index contributed by atoms with van der Waals surface area (Å²) in [5.41, 5.74) is 1.94. The number of benzene rings is 2. The molecule has 0 bridgehead atoms. The molecule has 1 saturated carbocycles. The number of fused-ring (bicyclic) bond motifs is 2. The van der Waals surface area contributed by atoms with Crippen molar-refractivity contribution in [1.29, 1.82) is 0 Å². The molecule has 1 aliphatic heterocycles. The van der Waals surface area contributed by atoms with E-state index in [0.29, 0.717) is 17.9 Å². The molecule has 7 nitrogen and oxygen atoms in total. The SMILES string of the molecule is COC(=O)CCC(C(=O)OC)N1C(=O)c2ccc(OCc3ccccc3)cc2C12CC2. The molecule has 0 radical (unpaired) electrons. The smallest absolute Gasteiger partial charge is 0.328 e. The second-order valence-corrected chi connectivity index (χ2v) is 7.84. The molecule has 0 saturated heterocycles. The number of hydrogen-bond donors (Lipinski definition) is 0. The third-order valence-electron chi connectivity index (χ3n) is 6.01. The molecule has 4 rings (SSSR count). The maximum Gasteiger partial charge on any atom is 0.328 e. The highest BCUT2D eigenvalue weighted by Gasteiger charge is 2.61. The minimum absolute atomic E-state index is 0.0257. The molecule has 2 aromatic rings. The van der Waals surface area contributed by atoms with E-state index in [4.69, 9.17) is 14.2 Å². The Hall–Kier alpha value is -3.35. The van der Waals surface area contributed by atoms with Gasteiger partial charge < -0.3 is 19.1 Å². The average Bonchev–Trinajstić information content (AvgIpc) is 3.57. The number of amides is 1. The lowest BCUT2D eigenvalue weighted by Crippen LogP contribution is -2.47. The number of nitrogens with zero attached hydrogens (tertiary/aromatic N) is 1. The van der Waals surface area contributed by atoms with E-state index >= 15 is 0 Å². The van der Waals surface area contributed by atoms with Gasteiger partial charge in [0.05, 0.1) is 19.8 Å². The van der Waals surface area contributed by atoms with Crippen molar-refractivity contribution in [1.82, 2.24) is 4.90 Å². The van der Waals surface area contributed by atoms with Gasteiger partial charge >= 0.3 is 11.9 Å². The first kappa shape index (κ1) is 20.9. The van der Waals surface area contributed by atoms with Crippen LogP contribution < -0.4 is 4.74 Å². The van der Waals surface area contributed by atoms with E-state index in [9.17, 15) is 14.4 Å². The zero-order valence-corrected chi connectivity index (χ0v) is 17.6. The molecular formula is C24H25NO6. The summed E-state index contributed by atoms with van der Waals surface area (Å²) in [5, 5.41) is 0. The van der Waals surface area contributed by atoms with Crippen molar-refractivity contribution in [3.63, 3.8) is 0 Å². The van der Waals surface area contributed by atoms with Crippen molar-refractivity contribution >= 4 is 17.8 Å². The topological polar surface area (TPSA) is 82.1 Å². The van der Waals surface area contributed by atoms with Crippen molar-refractivity contribution in [3.8, 4) is 5.75 Å². The Labute approximate surface area is 180 Å². The van der Waals surface area contributed by atoms with Crippen LogP contribution in [-0.2, 0) is 31.2 Å². The first-order valence-corrected chi connectivity index (χ1v) is 10.3. The first-order chi connectivity index (χ1) is 15.0. The summed E-state index contributed by atoms with van der Waals surface area (Å²) in [6.45, 7) is 0.425. The summed E-state index contributed by atoms with van der Waals surface area (Å²) >= 11 is 0. The summed E-state index contributed by atoms with van der Waals surface area (Å²) in [7, 11) is 2.59. The summed E-state index contributed by atoms with van der Waals surface area (Å²) in [5.74, 6) is -0.508. The lowest BCUT2D eigenvalue weighted by atomic mass is 10.0. The number of hydrogen-bond acceptors (Lipinski definition) is 6. The van der Waals surface area contributed by atoms with Gasteiger partial charge in [-0.05, 0) is 48.6 Å². The fraction of sp³-hybridized carbons (Fsp3) is 0.375. The molecule has 1 amide bonds. The van der Waals surface area contributed by atoms with Crippen molar-refractivity contribution in [2.45, 2.75) is 43.9 Å². The Balaban J connectivity index is 1.58. The van der Waals surface area contributed by atoms with Gasteiger partial charge in [-0.25, -0.2) is 4.79 Å². The maximum absolute atomic E-state index is 13.3. The van der Waals surface area contributed by atoms with Crippen LogP contribution in [0.15, 0.2) is 48.5 Å². The van der Waals surface area contributed by atoms with Gasteiger partial charge in [-0.15, -0.1) is 0 Å². The van der Waals surface area contributed by atoms with Crippen LogP contribution in [0.5, 0.6) is 5.75 Å². The molecule has 162 valence electrons. The molecule has 1 spiro atoms. The first-order valence-electron chi connectivity index (χ1n) is 10.3. The summed E-state index contributed by atoms with van der Waals surface area (Å²) in [6, 6.07) is 14.4. The fourth-order valence-electron chi connectivity index (χ4n) is 4.29. The molecule has 2 aliphatic rings. The van der Waals surface area contributed by atoms with Crippen LogP contribution in [0.2, 0.25) is 0 Å². The van der Waals surface area contributed by atoms with Gasteiger partial charge in [0, 0.05) is 12.0 Å². The Bertz CT molecular complexity index is 998. The van der Waals surface area contributed by atoms with Crippen LogP contribution in [0.25, 0.3) is 0 Å².